The molecule has 0 spiro atoms. The van der Waals surface area contributed by atoms with Crippen LogP contribution in [0.2, 0.25) is 5.02 Å². The Kier molecular flexibility index (Phi) is 2.32. The second kappa shape index (κ2) is 3.62. The molecule has 0 aliphatic heterocycles. The van der Waals surface area contributed by atoms with E-state index >= 15 is 0 Å². The summed E-state index contributed by atoms with van der Waals surface area (Å²) in [5.74, 6) is 0. The van der Waals surface area contributed by atoms with Gasteiger partial charge in [0.15, 0.2) is 0 Å². The van der Waals surface area contributed by atoms with Crippen LogP contribution in [0.25, 0.3) is 0 Å². The highest BCUT2D eigenvalue weighted by atomic mass is 35.5. The van der Waals surface area contributed by atoms with Crippen molar-refractivity contribution in [3.05, 3.63) is 53.3 Å². The number of hydrogen-bond acceptors (Lipinski definition) is 1. The van der Waals surface area contributed by atoms with Gasteiger partial charge < -0.3 is 0 Å². The Labute approximate surface area is 81.8 Å². The van der Waals surface area contributed by atoms with Gasteiger partial charge in [-0.3, -0.25) is 4.68 Å². The van der Waals surface area contributed by atoms with Crippen LogP contribution in [-0.2, 0) is 6.54 Å². The molecule has 0 N–H and O–H groups in total. The molecule has 3 heteroatoms. The molecule has 0 fully saturated rings. The molecule has 13 heavy (non-hydrogen) atoms. The lowest BCUT2D eigenvalue weighted by atomic mass is 10.2. The highest BCUT2D eigenvalue weighted by Crippen LogP contribution is 2.11. The molecule has 2 aromatic rings. The second-order valence-electron chi connectivity index (χ2n) is 2.77. The van der Waals surface area contributed by atoms with E-state index in [1.54, 1.807) is 6.07 Å². The third kappa shape index (κ3) is 2.10. The van der Waals surface area contributed by atoms with E-state index in [1.807, 2.05) is 35.1 Å². The quantitative estimate of drug-likeness (QED) is 0.713. The number of benzene rings is 1. The summed E-state index contributed by atoms with van der Waals surface area (Å²) in [5, 5.41) is 4.75. The summed E-state index contributed by atoms with van der Waals surface area (Å²) in [6, 6.07) is 9.53. The molecule has 0 amide bonds. The maximum atomic E-state index is 5.85. The summed E-state index contributed by atoms with van der Waals surface area (Å²) in [7, 11) is 0. The van der Waals surface area contributed by atoms with Gasteiger partial charge in [-0.2, -0.15) is 5.10 Å². The van der Waals surface area contributed by atoms with Gasteiger partial charge in [0.2, 0.25) is 0 Å². The van der Waals surface area contributed by atoms with E-state index in [9.17, 15) is 0 Å². The molecule has 1 radical (unpaired) electrons. The fourth-order valence-corrected chi connectivity index (χ4v) is 1.38. The van der Waals surface area contributed by atoms with Gasteiger partial charge in [0, 0.05) is 11.2 Å². The van der Waals surface area contributed by atoms with Crippen molar-refractivity contribution in [3.8, 4) is 0 Å². The van der Waals surface area contributed by atoms with Gasteiger partial charge >= 0.3 is 0 Å². The average Bonchev–Trinajstić information content (AvgIpc) is 2.57. The number of halogens is 1. The van der Waals surface area contributed by atoms with Gasteiger partial charge in [-0.05, 0) is 23.8 Å². The van der Waals surface area contributed by atoms with E-state index in [0.717, 1.165) is 17.1 Å². The number of aromatic nitrogens is 2. The summed E-state index contributed by atoms with van der Waals surface area (Å²) in [6.07, 6.45) is 4.62. The predicted molar refractivity (Wildman–Crippen MR) is 51.6 cm³/mol. The monoisotopic (exact) mass is 191 g/mol. The smallest absolute Gasteiger partial charge is 0.113 e. The first-order valence-electron chi connectivity index (χ1n) is 3.98. The Morgan fingerprint density at radius 3 is 3.08 bits per heavy atom. The summed E-state index contributed by atoms with van der Waals surface area (Å²) in [6.45, 7) is 0.740. The summed E-state index contributed by atoms with van der Waals surface area (Å²) in [5.41, 5.74) is 1.14. The van der Waals surface area contributed by atoms with Gasteiger partial charge in [-0.15, -0.1) is 0 Å². The minimum Gasteiger partial charge on any atom is -0.268 e. The van der Waals surface area contributed by atoms with Gasteiger partial charge in [0.05, 0.1) is 6.54 Å². The summed E-state index contributed by atoms with van der Waals surface area (Å²) < 4.78 is 1.81. The van der Waals surface area contributed by atoms with Crippen molar-refractivity contribution in [2.45, 2.75) is 6.54 Å². The Morgan fingerprint density at radius 2 is 2.38 bits per heavy atom. The molecule has 0 saturated heterocycles. The zero-order valence-electron chi connectivity index (χ0n) is 6.94. The van der Waals surface area contributed by atoms with Crippen LogP contribution in [0.1, 0.15) is 5.56 Å². The highest BCUT2D eigenvalue weighted by molar-refractivity contribution is 6.30. The maximum absolute atomic E-state index is 5.85. The lowest BCUT2D eigenvalue weighted by Crippen LogP contribution is -1.99. The average molecular weight is 192 g/mol. The molecule has 2 nitrogen and oxygen atoms in total. The largest absolute Gasteiger partial charge is 0.268 e. The van der Waals surface area contributed by atoms with E-state index in [2.05, 4.69) is 11.3 Å². The third-order valence-electron chi connectivity index (χ3n) is 1.74. The molecule has 0 atom stereocenters. The third-order valence-corrected chi connectivity index (χ3v) is 1.98. The van der Waals surface area contributed by atoms with Crippen LogP contribution >= 0.6 is 11.6 Å². The van der Waals surface area contributed by atoms with Gasteiger partial charge in [-0.25, -0.2) is 0 Å². The van der Waals surface area contributed by atoms with Crippen LogP contribution in [0.15, 0.2) is 36.5 Å². The van der Waals surface area contributed by atoms with Gasteiger partial charge in [0.1, 0.15) is 6.20 Å². The molecule has 0 unspecified atom stereocenters. The van der Waals surface area contributed by atoms with E-state index in [4.69, 9.17) is 11.6 Å². The van der Waals surface area contributed by atoms with Crippen LogP contribution in [0.4, 0.5) is 0 Å². The predicted octanol–water partition coefficient (Wildman–Crippen LogP) is 2.38. The van der Waals surface area contributed by atoms with E-state index in [1.165, 1.54) is 0 Å². The van der Waals surface area contributed by atoms with Crippen LogP contribution < -0.4 is 0 Å². The van der Waals surface area contributed by atoms with Crippen molar-refractivity contribution >= 4 is 11.6 Å². The number of nitrogens with zero attached hydrogens (tertiary/aromatic N) is 2. The normalized spacial score (nSPS) is 10.2. The lowest BCUT2D eigenvalue weighted by molar-refractivity contribution is 0.685. The van der Waals surface area contributed by atoms with Crippen molar-refractivity contribution in [1.82, 2.24) is 9.78 Å². The SMILES string of the molecule is Clc1cccc(Cn2cc[c]n2)c1. The van der Waals surface area contributed by atoms with E-state index < -0.39 is 0 Å². The van der Waals surface area contributed by atoms with Crippen molar-refractivity contribution in [2.75, 3.05) is 0 Å². The minimum absolute atomic E-state index is 0.740. The lowest BCUT2D eigenvalue weighted by Gasteiger charge is -2.01. The summed E-state index contributed by atoms with van der Waals surface area (Å²) >= 11 is 5.85. The van der Waals surface area contributed by atoms with E-state index in [-0.39, 0.29) is 0 Å². The van der Waals surface area contributed by atoms with Crippen molar-refractivity contribution < 1.29 is 0 Å². The fourth-order valence-electron chi connectivity index (χ4n) is 1.17. The van der Waals surface area contributed by atoms with Crippen LogP contribution in [0.3, 0.4) is 0 Å². The molecule has 0 aliphatic rings. The molecule has 0 aliphatic carbocycles. The Hall–Kier alpha value is -1.28. The first-order valence-corrected chi connectivity index (χ1v) is 4.36. The molecule has 0 bridgehead atoms. The molecule has 0 saturated carbocycles. The standard InChI is InChI=1S/C10H8ClN2/c11-10-4-1-3-9(7-10)8-13-6-2-5-12-13/h1-4,6-7H,8H2. The van der Waals surface area contributed by atoms with Gasteiger partial charge in [0.25, 0.3) is 0 Å². The Morgan fingerprint density at radius 1 is 1.46 bits per heavy atom. The Balaban J connectivity index is 2.19. The van der Waals surface area contributed by atoms with E-state index in [0.29, 0.717) is 0 Å². The molecule has 1 aromatic heterocycles. The van der Waals surface area contributed by atoms with Gasteiger partial charge in [-0.1, -0.05) is 23.7 Å². The van der Waals surface area contributed by atoms with Crippen molar-refractivity contribution in [2.24, 2.45) is 0 Å². The molecule has 65 valence electrons. The van der Waals surface area contributed by atoms with Crippen LogP contribution in [-0.4, -0.2) is 9.78 Å². The summed E-state index contributed by atoms with van der Waals surface area (Å²) in [4.78, 5) is 0. The molecule has 1 heterocycles. The molecule has 1 aromatic carbocycles. The first kappa shape index (κ1) is 8.32. The molecule has 2 rings (SSSR count). The topological polar surface area (TPSA) is 17.8 Å². The maximum Gasteiger partial charge on any atom is 0.113 e. The molecular weight excluding hydrogens is 184 g/mol. The van der Waals surface area contributed by atoms with Crippen molar-refractivity contribution in [3.63, 3.8) is 0 Å². The second-order valence-corrected chi connectivity index (χ2v) is 3.21. The Bertz CT molecular complexity index is 382. The zero-order chi connectivity index (χ0) is 9.10. The van der Waals surface area contributed by atoms with Crippen molar-refractivity contribution in [1.29, 1.82) is 0 Å². The first-order chi connectivity index (χ1) is 6.34. The fraction of sp³-hybridized carbons (Fsp3) is 0.100. The minimum atomic E-state index is 0.740. The van der Waals surface area contributed by atoms with Crippen LogP contribution in [0, 0.1) is 6.20 Å². The molecular formula is C10H8ClN2. The highest BCUT2D eigenvalue weighted by Gasteiger charge is 1.95. The number of rotatable bonds is 2. The van der Waals surface area contributed by atoms with Crippen LogP contribution in [0.5, 0.6) is 0 Å². The number of hydrogen-bond donors (Lipinski definition) is 0. The zero-order valence-corrected chi connectivity index (χ0v) is 7.70.